The van der Waals surface area contributed by atoms with E-state index in [1.807, 2.05) is 20.8 Å². The summed E-state index contributed by atoms with van der Waals surface area (Å²) in [6, 6.07) is 1.53. The molecule has 16 heavy (non-hydrogen) atoms. The molecule has 1 aromatic heterocycles. The Kier molecular flexibility index (Phi) is 3.37. The normalized spacial score (nSPS) is 11.2. The summed E-state index contributed by atoms with van der Waals surface area (Å²) in [5, 5.41) is 3.18. The Morgan fingerprint density at radius 2 is 2.19 bits per heavy atom. The van der Waals surface area contributed by atoms with Crippen molar-refractivity contribution in [3.8, 4) is 0 Å². The van der Waals surface area contributed by atoms with Crippen LogP contribution in [0, 0.1) is 0 Å². The van der Waals surface area contributed by atoms with E-state index in [0.29, 0.717) is 17.1 Å². The molecule has 0 unspecified atom stereocenters. The number of nitrogen functional groups attached to an aromatic ring is 1. The van der Waals surface area contributed by atoms with Gasteiger partial charge in [-0.3, -0.25) is 4.79 Å². The summed E-state index contributed by atoms with van der Waals surface area (Å²) < 4.78 is 0. The predicted octanol–water partition coefficient (Wildman–Crippen LogP) is 1.36. The quantitative estimate of drug-likeness (QED) is 0.717. The van der Waals surface area contributed by atoms with Gasteiger partial charge in [0.05, 0.1) is 17.4 Å². The maximum absolute atomic E-state index is 11.2. The van der Waals surface area contributed by atoms with Crippen molar-refractivity contribution in [3.63, 3.8) is 0 Å². The molecule has 1 amide bonds. The van der Waals surface area contributed by atoms with E-state index in [1.165, 1.54) is 12.3 Å². The summed E-state index contributed by atoms with van der Waals surface area (Å²) in [6.07, 6.45) is 2.40. The molecule has 0 aliphatic rings. The first-order valence-corrected chi connectivity index (χ1v) is 5.19. The maximum Gasteiger partial charge on any atom is 0.252 e. The summed E-state index contributed by atoms with van der Waals surface area (Å²) in [5.41, 5.74) is 11.4. The fraction of sp³-hybridized carbons (Fsp3) is 0.455. The molecule has 0 aliphatic carbocycles. The average molecular weight is 222 g/mol. The van der Waals surface area contributed by atoms with Crippen molar-refractivity contribution < 1.29 is 4.79 Å². The van der Waals surface area contributed by atoms with Crippen LogP contribution in [-0.2, 0) is 0 Å². The van der Waals surface area contributed by atoms with Crippen LogP contribution in [0.5, 0.6) is 0 Å². The van der Waals surface area contributed by atoms with Crippen LogP contribution < -0.4 is 16.8 Å². The van der Waals surface area contributed by atoms with Crippen LogP contribution in [0.2, 0.25) is 0 Å². The zero-order chi connectivity index (χ0) is 12.3. The first-order valence-electron chi connectivity index (χ1n) is 5.19. The fourth-order valence-corrected chi connectivity index (χ4v) is 1.18. The van der Waals surface area contributed by atoms with Gasteiger partial charge in [0.2, 0.25) is 0 Å². The number of hydrogen-bond acceptors (Lipinski definition) is 4. The number of hydrogen-bond donors (Lipinski definition) is 3. The second-order valence-corrected chi connectivity index (χ2v) is 4.39. The Balaban J connectivity index is 3.09. The van der Waals surface area contributed by atoms with Crippen molar-refractivity contribution >= 4 is 17.4 Å². The minimum Gasteiger partial charge on any atom is -0.397 e. The van der Waals surface area contributed by atoms with Gasteiger partial charge in [0.25, 0.3) is 5.91 Å². The van der Waals surface area contributed by atoms with Gasteiger partial charge in [0, 0.05) is 5.54 Å². The molecule has 5 nitrogen and oxygen atoms in total. The van der Waals surface area contributed by atoms with Crippen molar-refractivity contribution in [2.24, 2.45) is 5.73 Å². The molecule has 1 heterocycles. The molecule has 0 atom stereocenters. The number of nitrogens with zero attached hydrogens (tertiary/aromatic N) is 1. The van der Waals surface area contributed by atoms with Crippen LogP contribution in [-0.4, -0.2) is 16.4 Å². The second kappa shape index (κ2) is 4.38. The number of anilines is 2. The average Bonchev–Trinajstić information content (AvgIpc) is 2.20. The number of amides is 1. The third-order valence-corrected chi connectivity index (χ3v) is 2.51. The number of aromatic nitrogens is 1. The lowest BCUT2D eigenvalue weighted by Gasteiger charge is -2.26. The molecule has 1 rings (SSSR count). The molecule has 0 aliphatic heterocycles. The zero-order valence-electron chi connectivity index (χ0n) is 9.87. The summed E-state index contributed by atoms with van der Waals surface area (Å²) in [7, 11) is 0. The number of carbonyl (C=O) groups is 1. The Morgan fingerprint density at radius 1 is 1.56 bits per heavy atom. The van der Waals surface area contributed by atoms with Gasteiger partial charge in [0.1, 0.15) is 5.82 Å². The van der Waals surface area contributed by atoms with Gasteiger partial charge in [-0.1, -0.05) is 6.92 Å². The standard InChI is InChI=1S/C11H18N4O/c1-4-11(2,3)15-10-8(9(13)16)5-7(12)6-14-10/h5-6H,4,12H2,1-3H3,(H2,13,16)(H,14,15). The van der Waals surface area contributed by atoms with Gasteiger partial charge in [-0.05, 0) is 26.3 Å². The highest BCUT2D eigenvalue weighted by atomic mass is 16.1. The van der Waals surface area contributed by atoms with E-state index < -0.39 is 5.91 Å². The Morgan fingerprint density at radius 3 is 2.69 bits per heavy atom. The Labute approximate surface area is 95.2 Å². The molecule has 0 aromatic carbocycles. The second-order valence-electron chi connectivity index (χ2n) is 4.39. The summed E-state index contributed by atoms with van der Waals surface area (Å²) >= 11 is 0. The molecular formula is C11H18N4O. The molecule has 0 spiro atoms. The van der Waals surface area contributed by atoms with Gasteiger partial charge in [-0.2, -0.15) is 0 Å². The third-order valence-electron chi connectivity index (χ3n) is 2.51. The Hall–Kier alpha value is -1.78. The number of nitrogens with one attached hydrogen (secondary N) is 1. The first-order chi connectivity index (χ1) is 7.35. The van der Waals surface area contributed by atoms with Crippen molar-refractivity contribution in [2.75, 3.05) is 11.1 Å². The molecule has 0 bridgehead atoms. The Bertz CT molecular complexity index is 401. The van der Waals surface area contributed by atoms with Gasteiger partial charge >= 0.3 is 0 Å². The van der Waals surface area contributed by atoms with E-state index in [-0.39, 0.29) is 5.54 Å². The van der Waals surface area contributed by atoms with E-state index in [0.717, 1.165) is 6.42 Å². The topological polar surface area (TPSA) is 94.0 Å². The van der Waals surface area contributed by atoms with Gasteiger partial charge in [-0.25, -0.2) is 4.98 Å². The number of carbonyl (C=O) groups excluding carboxylic acids is 1. The van der Waals surface area contributed by atoms with Crippen LogP contribution in [0.15, 0.2) is 12.3 Å². The smallest absolute Gasteiger partial charge is 0.252 e. The molecule has 0 fully saturated rings. The number of pyridine rings is 1. The monoisotopic (exact) mass is 222 g/mol. The molecule has 0 saturated heterocycles. The van der Waals surface area contributed by atoms with Crippen molar-refractivity contribution in [1.29, 1.82) is 0 Å². The highest BCUT2D eigenvalue weighted by molar-refractivity contribution is 5.98. The van der Waals surface area contributed by atoms with Gasteiger partial charge in [0.15, 0.2) is 0 Å². The van der Waals surface area contributed by atoms with Crippen molar-refractivity contribution in [1.82, 2.24) is 4.98 Å². The summed E-state index contributed by atoms with van der Waals surface area (Å²) in [4.78, 5) is 15.3. The van der Waals surface area contributed by atoms with Crippen LogP contribution in [0.3, 0.4) is 0 Å². The van der Waals surface area contributed by atoms with E-state index in [2.05, 4.69) is 10.3 Å². The number of primary amides is 1. The molecule has 5 N–H and O–H groups in total. The third kappa shape index (κ3) is 2.85. The van der Waals surface area contributed by atoms with Crippen LogP contribution >= 0.6 is 0 Å². The summed E-state index contributed by atoms with van der Waals surface area (Å²) in [6.45, 7) is 6.10. The van der Waals surface area contributed by atoms with Crippen LogP contribution in [0.4, 0.5) is 11.5 Å². The predicted molar refractivity (Wildman–Crippen MR) is 65.2 cm³/mol. The minimum absolute atomic E-state index is 0.146. The number of nitrogens with two attached hydrogens (primary N) is 2. The van der Waals surface area contributed by atoms with Gasteiger partial charge in [-0.15, -0.1) is 0 Å². The molecule has 5 heteroatoms. The lowest BCUT2D eigenvalue weighted by atomic mass is 10.0. The van der Waals surface area contributed by atoms with Gasteiger partial charge < -0.3 is 16.8 Å². The highest BCUT2D eigenvalue weighted by Crippen LogP contribution is 2.20. The summed E-state index contributed by atoms with van der Waals surface area (Å²) in [5.74, 6) is -0.0530. The van der Waals surface area contributed by atoms with Crippen molar-refractivity contribution in [2.45, 2.75) is 32.7 Å². The van der Waals surface area contributed by atoms with E-state index in [1.54, 1.807) is 0 Å². The fourth-order valence-electron chi connectivity index (χ4n) is 1.18. The maximum atomic E-state index is 11.2. The minimum atomic E-state index is -0.533. The lowest BCUT2D eigenvalue weighted by molar-refractivity contribution is 0.100. The largest absolute Gasteiger partial charge is 0.397 e. The molecule has 0 saturated carbocycles. The highest BCUT2D eigenvalue weighted by Gasteiger charge is 2.19. The molecule has 88 valence electrons. The number of rotatable bonds is 4. The van der Waals surface area contributed by atoms with E-state index in [9.17, 15) is 4.79 Å². The SMILES string of the molecule is CCC(C)(C)Nc1ncc(N)cc1C(N)=O. The van der Waals surface area contributed by atoms with Crippen molar-refractivity contribution in [3.05, 3.63) is 17.8 Å². The lowest BCUT2D eigenvalue weighted by Crippen LogP contribution is -2.31. The molecule has 1 aromatic rings. The zero-order valence-corrected chi connectivity index (χ0v) is 9.87. The first kappa shape index (κ1) is 12.3. The van der Waals surface area contributed by atoms with Crippen LogP contribution in [0.1, 0.15) is 37.6 Å². The molecular weight excluding hydrogens is 204 g/mol. The van der Waals surface area contributed by atoms with Crippen LogP contribution in [0.25, 0.3) is 0 Å². The van der Waals surface area contributed by atoms with E-state index in [4.69, 9.17) is 11.5 Å². The van der Waals surface area contributed by atoms with E-state index >= 15 is 0 Å². The molecule has 0 radical (unpaired) electrons.